The van der Waals surface area contributed by atoms with Gasteiger partial charge in [-0.15, -0.1) is 0 Å². The molecule has 0 amide bonds. The van der Waals surface area contributed by atoms with Crippen LogP contribution in [0.5, 0.6) is 0 Å². The van der Waals surface area contributed by atoms with Crippen molar-refractivity contribution in [1.29, 1.82) is 0 Å². The van der Waals surface area contributed by atoms with E-state index >= 15 is 0 Å². The number of para-hydroxylation sites is 1. The third kappa shape index (κ3) is 3.50. The van der Waals surface area contributed by atoms with Gasteiger partial charge in [-0.25, -0.2) is 4.98 Å². The van der Waals surface area contributed by atoms with Crippen LogP contribution in [0.1, 0.15) is 25.5 Å². The summed E-state index contributed by atoms with van der Waals surface area (Å²) < 4.78 is 0. The van der Waals surface area contributed by atoms with Crippen LogP contribution >= 0.6 is 11.6 Å². The fourth-order valence-corrected chi connectivity index (χ4v) is 3.01. The van der Waals surface area contributed by atoms with Gasteiger partial charge in [-0.1, -0.05) is 30.7 Å². The average molecular weight is 317 g/mol. The van der Waals surface area contributed by atoms with Gasteiger partial charge < -0.3 is 10.2 Å². The number of aromatic nitrogens is 2. The van der Waals surface area contributed by atoms with Crippen molar-refractivity contribution < 1.29 is 0 Å². The number of nitrogens with one attached hydrogen (secondary N) is 1. The molecular formula is C17H21ClN4. The monoisotopic (exact) mass is 316 g/mol. The molecule has 1 aromatic heterocycles. The Hall–Kier alpha value is -1.81. The number of rotatable bonds is 3. The molecule has 1 saturated heterocycles. The summed E-state index contributed by atoms with van der Waals surface area (Å²) in [5, 5.41) is 3.98. The van der Waals surface area contributed by atoms with E-state index < -0.39 is 0 Å². The van der Waals surface area contributed by atoms with Crippen LogP contribution in [0.3, 0.4) is 0 Å². The van der Waals surface area contributed by atoms with E-state index in [1.807, 2.05) is 37.3 Å². The van der Waals surface area contributed by atoms with Crippen molar-refractivity contribution in [3.05, 3.63) is 41.0 Å². The summed E-state index contributed by atoms with van der Waals surface area (Å²) in [6.45, 7) is 6.33. The molecule has 1 aromatic carbocycles. The molecule has 2 heterocycles. The molecule has 4 nitrogen and oxygen atoms in total. The molecule has 116 valence electrons. The zero-order valence-electron chi connectivity index (χ0n) is 13.0. The number of halogens is 1. The number of hydrogen-bond acceptors (Lipinski definition) is 4. The Balaban J connectivity index is 1.85. The largest absolute Gasteiger partial charge is 0.340 e. The molecule has 0 radical (unpaired) electrons. The minimum Gasteiger partial charge on any atom is -0.340 e. The number of anilines is 3. The van der Waals surface area contributed by atoms with Crippen molar-refractivity contribution in [3.8, 4) is 0 Å². The lowest BCUT2D eigenvalue weighted by atomic mass is 10.0. The van der Waals surface area contributed by atoms with Crippen LogP contribution in [0.25, 0.3) is 0 Å². The molecule has 1 aliphatic rings. The van der Waals surface area contributed by atoms with Crippen LogP contribution in [-0.4, -0.2) is 23.1 Å². The van der Waals surface area contributed by atoms with Gasteiger partial charge in [0.15, 0.2) is 0 Å². The Bertz CT molecular complexity index is 659. The van der Waals surface area contributed by atoms with E-state index in [1.54, 1.807) is 0 Å². The van der Waals surface area contributed by atoms with E-state index in [2.05, 4.69) is 27.1 Å². The van der Waals surface area contributed by atoms with Crippen molar-refractivity contribution in [2.75, 3.05) is 23.3 Å². The Morgan fingerprint density at radius 1 is 1.27 bits per heavy atom. The van der Waals surface area contributed by atoms with E-state index in [1.165, 1.54) is 12.8 Å². The van der Waals surface area contributed by atoms with Gasteiger partial charge in [-0.2, -0.15) is 4.98 Å². The number of hydrogen-bond donors (Lipinski definition) is 1. The van der Waals surface area contributed by atoms with E-state index in [-0.39, 0.29) is 0 Å². The smallest absolute Gasteiger partial charge is 0.227 e. The average Bonchev–Trinajstić information content (AvgIpc) is 2.49. The molecular weight excluding hydrogens is 296 g/mol. The van der Waals surface area contributed by atoms with Gasteiger partial charge in [-0.05, 0) is 37.8 Å². The second-order valence-corrected chi connectivity index (χ2v) is 6.40. The minimum atomic E-state index is 0.687. The Morgan fingerprint density at radius 3 is 2.86 bits per heavy atom. The van der Waals surface area contributed by atoms with E-state index in [4.69, 9.17) is 11.6 Å². The lowest BCUT2D eigenvalue weighted by Gasteiger charge is -2.31. The molecule has 3 rings (SSSR count). The summed E-state index contributed by atoms with van der Waals surface area (Å²) in [6.07, 6.45) is 2.48. The lowest BCUT2D eigenvalue weighted by Crippen LogP contribution is -2.35. The summed E-state index contributed by atoms with van der Waals surface area (Å²) in [5.74, 6) is 2.28. The quantitative estimate of drug-likeness (QED) is 0.910. The molecule has 1 atom stereocenters. The van der Waals surface area contributed by atoms with Gasteiger partial charge in [0, 0.05) is 24.8 Å². The number of benzene rings is 1. The maximum Gasteiger partial charge on any atom is 0.227 e. The highest BCUT2D eigenvalue weighted by molar-refractivity contribution is 6.33. The molecule has 0 saturated carbocycles. The van der Waals surface area contributed by atoms with Gasteiger partial charge in [0.05, 0.1) is 10.7 Å². The summed E-state index contributed by atoms with van der Waals surface area (Å²) in [6, 6.07) is 9.63. The van der Waals surface area contributed by atoms with Crippen LogP contribution in [-0.2, 0) is 0 Å². The van der Waals surface area contributed by atoms with Gasteiger partial charge >= 0.3 is 0 Å². The first-order valence-electron chi connectivity index (χ1n) is 7.74. The highest BCUT2D eigenvalue weighted by Crippen LogP contribution is 2.26. The zero-order chi connectivity index (χ0) is 15.5. The van der Waals surface area contributed by atoms with Crippen molar-refractivity contribution in [1.82, 2.24) is 9.97 Å². The number of piperidine rings is 1. The second-order valence-electron chi connectivity index (χ2n) is 5.99. The third-order valence-electron chi connectivity index (χ3n) is 3.92. The van der Waals surface area contributed by atoms with Crippen molar-refractivity contribution in [3.63, 3.8) is 0 Å². The Labute approximate surface area is 136 Å². The minimum absolute atomic E-state index is 0.687. The topological polar surface area (TPSA) is 41.1 Å². The lowest BCUT2D eigenvalue weighted by molar-refractivity contribution is 0.442. The molecule has 0 spiro atoms. The fraction of sp³-hybridized carbons (Fsp3) is 0.412. The van der Waals surface area contributed by atoms with Gasteiger partial charge in [0.25, 0.3) is 0 Å². The number of aryl methyl sites for hydroxylation is 1. The summed E-state index contributed by atoms with van der Waals surface area (Å²) in [7, 11) is 0. The van der Waals surface area contributed by atoms with E-state index in [9.17, 15) is 0 Å². The molecule has 1 aliphatic heterocycles. The third-order valence-corrected chi connectivity index (χ3v) is 4.25. The fourth-order valence-electron chi connectivity index (χ4n) is 2.83. The van der Waals surface area contributed by atoms with E-state index in [0.29, 0.717) is 10.9 Å². The summed E-state index contributed by atoms with van der Waals surface area (Å²) >= 11 is 6.21. The van der Waals surface area contributed by atoms with Crippen LogP contribution < -0.4 is 10.2 Å². The van der Waals surface area contributed by atoms with Gasteiger partial charge in [0.2, 0.25) is 5.95 Å². The van der Waals surface area contributed by atoms with Crippen LogP contribution in [0, 0.1) is 12.8 Å². The predicted molar refractivity (Wildman–Crippen MR) is 92.1 cm³/mol. The molecule has 1 unspecified atom stereocenters. The highest BCUT2D eigenvalue weighted by Gasteiger charge is 2.19. The van der Waals surface area contributed by atoms with Crippen molar-refractivity contribution >= 4 is 29.1 Å². The predicted octanol–water partition coefficient (Wildman–Crippen LogP) is 4.42. The Kier molecular flexibility index (Phi) is 4.48. The second kappa shape index (κ2) is 6.53. The molecule has 1 N–H and O–H groups in total. The van der Waals surface area contributed by atoms with Gasteiger partial charge in [-0.3, -0.25) is 0 Å². The summed E-state index contributed by atoms with van der Waals surface area (Å²) in [4.78, 5) is 11.5. The first-order valence-corrected chi connectivity index (χ1v) is 8.12. The maximum absolute atomic E-state index is 6.21. The van der Waals surface area contributed by atoms with E-state index in [0.717, 1.165) is 36.2 Å². The van der Waals surface area contributed by atoms with Crippen LogP contribution in [0.15, 0.2) is 30.3 Å². The first-order chi connectivity index (χ1) is 10.6. The normalized spacial score (nSPS) is 18.3. The molecule has 1 fully saturated rings. The molecule has 22 heavy (non-hydrogen) atoms. The first kappa shape index (κ1) is 15.1. The number of nitrogens with zero attached hydrogens (tertiary/aromatic N) is 3. The van der Waals surface area contributed by atoms with Gasteiger partial charge in [0.1, 0.15) is 5.82 Å². The van der Waals surface area contributed by atoms with Crippen molar-refractivity contribution in [2.45, 2.75) is 26.7 Å². The Morgan fingerprint density at radius 2 is 2.09 bits per heavy atom. The SMILES string of the molecule is Cc1cc(Nc2ccccc2Cl)nc(N2CCCC(C)C2)n1. The molecule has 0 aliphatic carbocycles. The van der Waals surface area contributed by atoms with Crippen LogP contribution in [0.2, 0.25) is 5.02 Å². The summed E-state index contributed by atoms with van der Waals surface area (Å²) in [5.41, 5.74) is 1.82. The zero-order valence-corrected chi connectivity index (χ0v) is 13.8. The molecule has 0 bridgehead atoms. The van der Waals surface area contributed by atoms with Crippen LogP contribution in [0.4, 0.5) is 17.5 Å². The standard InChI is InChI=1S/C17H21ClN4/c1-12-6-5-9-22(11-12)17-19-13(2)10-16(21-17)20-15-8-4-3-7-14(15)18/h3-4,7-8,10,12H,5-6,9,11H2,1-2H3,(H,19,20,21). The van der Waals surface area contributed by atoms with Crippen molar-refractivity contribution in [2.24, 2.45) is 5.92 Å². The highest BCUT2D eigenvalue weighted by atomic mass is 35.5. The molecule has 2 aromatic rings. The maximum atomic E-state index is 6.21. The molecule has 5 heteroatoms.